The number of rotatable bonds is 8. The molecule has 0 unspecified atom stereocenters. The van der Waals surface area contributed by atoms with Gasteiger partial charge in [0.05, 0.1) is 11.4 Å². The number of carbonyl (C=O) groups excluding carboxylic acids is 2. The van der Waals surface area contributed by atoms with E-state index in [1.165, 1.54) is 24.3 Å². The zero-order valence-electron chi connectivity index (χ0n) is 17.0. The Morgan fingerprint density at radius 1 is 0.839 bits per heavy atom. The molecule has 3 N–H and O–H groups in total. The molecule has 31 heavy (non-hydrogen) atoms. The predicted octanol–water partition coefficient (Wildman–Crippen LogP) is 3.42. The van der Waals surface area contributed by atoms with E-state index in [0.717, 1.165) is 12.0 Å². The molecule has 0 aliphatic rings. The van der Waals surface area contributed by atoms with E-state index in [0.29, 0.717) is 11.4 Å². The summed E-state index contributed by atoms with van der Waals surface area (Å²) in [6.45, 7) is 1.79. The van der Waals surface area contributed by atoms with Crippen LogP contribution in [0.2, 0.25) is 0 Å². The van der Waals surface area contributed by atoms with Gasteiger partial charge in [-0.2, -0.15) is 0 Å². The molecule has 2 amide bonds. The van der Waals surface area contributed by atoms with Crippen LogP contribution < -0.4 is 15.4 Å². The molecular weight excluding hydrogens is 414 g/mol. The second-order valence-electron chi connectivity index (χ2n) is 6.74. The van der Waals surface area contributed by atoms with Crippen molar-refractivity contribution in [2.45, 2.75) is 18.2 Å². The molecular formula is C23H23N3O4S. The van der Waals surface area contributed by atoms with Crippen molar-refractivity contribution in [2.75, 3.05) is 16.6 Å². The third-order valence-electron chi connectivity index (χ3n) is 4.53. The lowest BCUT2D eigenvalue weighted by molar-refractivity contribution is -0.115. The van der Waals surface area contributed by atoms with Crippen molar-refractivity contribution in [3.05, 3.63) is 90.0 Å². The Kier molecular flexibility index (Phi) is 7.04. The minimum absolute atomic E-state index is 0.0295. The van der Waals surface area contributed by atoms with Crippen LogP contribution in [0.4, 0.5) is 11.4 Å². The lowest BCUT2D eigenvalue weighted by Gasteiger charge is -2.11. The summed E-state index contributed by atoms with van der Waals surface area (Å²) in [5.41, 5.74) is 2.41. The van der Waals surface area contributed by atoms with Crippen LogP contribution in [-0.2, 0) is 21.2 Å². The number of amides is 2. The van der Waals surface area contributed by atoms with Crippen molar-refractivity contribution in [1.82, 2.24) is 5.32 Å². The van der Waals surface area contributed by atoms with E-state index in [9.17, 15) is 18.0 Å². The van der Waals surface area contributed by atoms with Gasteiger partial charge in [0.1, 0.15) is 0 Å². The second kappa shape index (κ2) is 9.90. The lowest BCUT2D eigenvalue weighted by atomic mass is 10.1. The molecule has 0 atom stereocenters. The molecule has 8 heteroatoms. The summed E-state index contributed by atoms with van der Waals surface area (Å²) in [5.74, 6) is -0.820. The van der Waals surface area contributed by atoms with E-state index in [4.69, 9.17) is 0 Å². The molecule has 0 radical (unpaired) electrons. The molecule has 3 aromatic rings. The summed E-state index contributed by atoms with van der Waals surface area (Å²) < 4.78 is 27.4. The molecule has 0 heterocycles. The first-order chi connectivity index (χ1) is 14.9. The Morgan fingerprint density at radius 3 is 2.16 bits per heavy atom. The molecule has 0 aromatic heterocycles. The standard InChI is InChI=1S/C23H23N3O4S/c1-2-17-8-6-7-11-21(17)25-22(27)16-24-23(28)18-12-14-20(15-13-18)31(29,30)26-19-9-4-3-5-10-19/h3-15,26H,2,16H2,1H3,(H,24,28)(H,25,27). The minimum Gasteiger partial charge on any atom is -0.343 e. The Labute approximate surface area is 181 Å². The highest BCUT2D eigenvalue weighted by Gasteiger charge is 2.15. The Hall–Kier alpha value is -3.65. The summed E-state index contributed by atoms with van der Waals surface area (Å²) in [6, 6.07) is 21.5. The largest absolute Gasteiger partial charge is 0.343 e. The van der Waals surface area contributed by atoms with E-state index < -0.39 is 15.9 Å². The van der Waals surface area contributed by atoms with Crippen molar-refractivity contribution < 1.29 is 18.0 Å². The number of benzene rings is 3. The fourth-order valence-corrected chi connectivity index (χ4v) is 3.97. The molecule has 0 saturated heterocycles. The summed E-state index contributed by atoms with van der Waals surface area (Å²) >= 11 is 0. The zero-order valence-corrected chi connectivity index (χ0v) is 17.8. The van der Waals surface area contributed by atoms with E-state index in [1.807, 2.05) is 25.1 Å². The molecule has 0 fully saturated rings. The highest BCUT2D eigenvalue weighted by atomic mass is 32.2. The van der Waals surface area contributed by atoms with Gasteiger partial charge in [0.2, 0.25) is 5.91 Å². The van der Waals surface area contributed by atoms with Crippen LogP contribution in [0.15, 0.2) is 83.8 Å². The molecule has 7 nitrogen and oxygen atoms in total. The Morgan fingerprint density at radius 2 is 1.48 bits per heavy atom. The van der Waals surface area contributed by atoms with E-state index in [1.54, 1.807) is 36.4 Å². The number of anilines is 2. The SMILES string of the molecule is CCc1ccccc1NC(=O)CNC(=O)c1ccc(S(=O)(=O)Nc2ccccc2)cc1. The van der Waals surface area contributed by atoms with Crippen LogP contribution >= 0.6 is 0 Å². The van der Waals surface area contributed by atoms with Crippen molar-refractivity contribution in [1.29, 1.82) is 0 Å². The summed E-state index contributed by atoms with van der Waals surface area (Å²) in [6.07, 6.45) is 0.775. The molecule has 160 valence electrons. The van der Waals surface area contributed by atoms with E-state index in [2.05, 4.69) is 15.4 Å². The highest BCUT2D eigenvalue weighted by Crippen LogP contribution is 2.17. The average molecular weight is 438 g/mol. The number of sulfonamides is 1. The maximum absolute atomic E-state index is 12.5. The van der Waals surface area contributed by atoms with Crippen molar-refractivity contribution in [3.63, 3.8) is 0 Å². The van der Waals surface area contributed by atoms with Gasteiger partial charge in [0, 0.05) is 16.9 Å². The van der Waals surface area contributed by atoms with Crippen LogP contribution in [0.25, 0.3) is 0 Å². The number of hydrogen-bond acceptors (Lipinski definition) is 4. The van der Waals surface area contributed by atoms with Crippen molar-refractivity contribution in [3.8, 4) is 0 Å². The maximum Gasteiger partial charge on any atom is 0.261 e. The number of carbonyl (C=O) groups is 2. The van der Waals surface area contributed by atoms with Crippen LogP contribution in [0, 0.1) is 0 Å². The van der Waals surface area contributed by atoms with Crippen molar-refractivity contribution >= 4 is 33.2 Å². The van der Waals surface area contributed by atoms with Gasteiger partial charge in [-0.1, -0.05) is 43.3 Å². The van der Waals surface area contributed by atoms with Crippen LogP contribution in [0.5, 0.6) is 0 Å². The van der Waals surface area contributed by atoms with Gasteiger partial charge in [0.15, 0.2) is 0 Å². The van der Waals surface area contributed by atoms with Gasteiger partial charge < -0.3 is 10.6 Å². The predicted molar refractivity (Wildman–Crippen MR) is 120 cm³/mol. The zero-order chi connectivity index (χ0) is 22.3. The van der Waals surface area contributed by atoms with E-state index in [-0.39, 0.29) is 22.9 Å². The fourth-order valence-electron chi connectivity index (χ4n) is 2.91. The van der Waals surface area contributed by atoms with Gasteiger partial charge in [-0.15, -0.1) is 0 Å². The molecule has 0 bridgehead atoms. The van der Waals surface area contributed by atoms with Crippen LogP contribution in [0.1, 0.15) is 22.8 Å². The smallest absolute Gasteiger partial charge is 0.261 e. The number of nitrogens with one attached hydrogen (secondary N) is 3. The normalized spacial score (nSPS) is 10.9. The first kappa shape index (κ1) is 22.0. The van der Waals surface area contributed by atoms with Crippen molar-refractivity contribution in [2.24, 2.45) is 0 Å². The number of para-hydroxylation sites is 2. The number of hydrogen-bond donors (Lipinski definition) is 3. The van der Waals surface area contributed by atoms with Gasteiger partial charge >= 0.3 is 0 Å². The Bertz CT molecular complexity index is 1160. The van der Waals surface area contributed by atoms with Gasteiger partial charge in [0.25, 0.3) is 15.9 Å². The van der Waals surface area contributed by atoms with Gasteiger partial charge in [-0.25, -0.2) is 8.42 Å². The van der Waals surface area contributed by atoms with Gasteiger partial charge in [-0.05, 0) is 54.4 Å². The molecule has 0 saturated carbocycles. The summed E-state index contributed by atoms with van der Waals surface area (Å²) in [5, 5.41) is 5.32. The molecule has 0 aliphatic carbocycles. The Balaban J connectivity index is 1.58. The van der Waals surface area contributed by atoms with Crippen LogP contribution in [-0.4, -0.2) is 26.8 Å². The highest BCUT2D eigenvalue weighted by molar-refractivity contribution is 7.92. The molecule has 0 spiro atoms. The summed E-state index contributed by atoms with van der Waals surface area (Å²) in [7, 11) is -3.77. The third kappa shape index (κ3) is 5.93. The fraction of sp³-hybridized carbons (Fsp3) is 0.130. The maximum atomic E-state index is 12.5. The topological polar surface area (TPSA) is 104 Å². The first-order valence-corrected chi connectivity index (χ1v) is 11.2. The lowest BCUT2D eigenvalue weighted by Crippen LogP contribution is -2.33. The quantitative estimate of drug-likeness (QED) is 0.502. The third-order valence-corrected chi connectivity index (χ3v) is 5.93. The summed E-state index contributed by atoms with van der Waals surface area (Å²) in [4.78, 5) is 24.5. The first-order valence-electron chi connectivity index (χ1n) is 9.73. The number of aryl methyl sites for hydroxylation is 1. The molecule has 0 aliphatic heterocycles. The average Bonchev–Trinajstić information content (AvgIpc) is 2.78. The molecule has 3 aromatic carbocycles. The molecule has 3 rings (SSSR count). The van der Waals surface area contributed by atoms with E-state index >= 15 is 0 Å². The van der Waals surface area contributed by atoms with Crippen LogP contribution in [0.3, 0.4) is 0 Å². The monoisotopic (exact) mass is 437 g/mol. The minimum atomic E-state index is -3.77. The van der Waals surface area contributed by atoms with Gasteiger partial charge in [-0.3, -0.25) is 14.3 Å². The second-order valence-corrected chi connectivity index (χ2v) is 8.42.